The number of benzene rings is 2. The van der Waals surface area contributed by atoms with Gasteiger partial charge in [-0.05, 0) is 24.6 Å². The third-order valence-electron chi connectivity index (χ3n) is 3.29. The molecule has 1 N–H and O–H groups in total. The first-order valence-electron chi connectivity index (χ1n) is 6.42. The topological polar surface area (TPSA) is 33.1 Å². The molecule has 0 aliphatic heterocycles. The minimum atomic E-state index is -0.865. The predicted octanol–water partition coefficient (Wildman–Crippen LogP) is 4.02. The molecule has 4 heteroatoms. The fourth-order valence-electron chi connectivity index (χ4n) is 2.21. The van der Waals surface area contributed by atoms with E-state index in [1.54, 1.807) is 25.1 Å². The van der Waals surface area contributed by atoms with Crippen molar-refractivity contribution >= 4 is 21.6 Å². The van der Waals surface area contributed by atoms with Gasteiger partial charge in [0, 0.05) is 12.0 Å². The standard InChI is InChI=1S/C16H14FNOS/c1-10-5-4-6-11(16(10)17)13(19)9-15-18-12-7-2-3-8-14(12)20-15/h2-8,13,19H,9H2,1H3. The van der Waals surface area contributed by atoms with Gasteiger partial charge in [-0.15, -0.1) is 11.3 Å². The molecule has 1 atom stereocenters. The highest BCUT2D eigenvalue weighted by Crippen LogP contribution is 2.27. The number of rotatable bonds is 3. The van der Waals surface area contributed by atoms with Crippen LogP contribution in [0.1, 0.15) is 22.2 Å². The third-order valence-corrected chi connectivity index (χ3v) is 4.35. The van der Waals surface area contributed by atoms with Crippen molar-refractivity contribution in [3.8, 4) is 0 Å². The lowest BCUT2D eigenvalue weighted by molar-refractivity contribution is 0.173. The van der Waals surface area contributed by atoms with Gasteiger partial charge in [0.1, 0.15) is 5.82 Å². The van der Waals surface area contributed by atoms with Crippen LogP contribution in [0.2, 0.25) is 0 Å². The van der Waals surface area contributed by atoms with Crippen LogP contribution < -0.4 is 0 Å². The van der Waals surface area contributed by atoms with Gasteiger partial charge in [-0.25, -0.2) is 9.37 Å². The van der Waals surface area contributed by atoms with Crippen molar-refractivity contribution in [3.05, 3.63) is 64.4 Å². The monoisotopic (exact) mass is 287 g/mol. The number of nitrogens with zero attached hydrogens (tertiary/aromatic N) is 1. The highest BCUT2D eigenvalue weighted by atomic mass is 32.1. The molecule has 3 rings (SSSR count). The summed E-state index contributed by atoms with van der Waals surface area (Å²) >= 11 is 1.54. The molecule has 0 amide bonds. The second-order valence-electron chi connectivity index (χ2n) is 4.77. The molecule has 0 aliphatic rings. The Bertz CT molecular complexity index is 720. The molecule has 1 heterocycles. The summed E-state index contributed by atoms with van der Waals surface area (Å²) in [6.07, 6.45) is -0.532. The van der Waals surface area contributed by atoms with Crippen molar-refractivity contribution in [3.63, 3.8) is 0 Å². The molecule has 20 heavy (non-hydrogen) atoms. The van der Waals surface area contributed by atoms with Gasteiger partial charge in [0.2, 0.25) is 0 Å². The number of halogens is 1. The molecular formula is C16H14FNOS. The first-order chi connectivity index (χ1) is 9.65. The molecule has 0 fully saturated rings. The zero-order valence-electron chi connectivity index (χ0n) is 11.0. The van der Waals surface area contributed by atoms with Crippen molar-refractivity contribution in [2.75, 3.05) is 0 Å². The lowest BCUT2D eigenvalue weighted by atomic mass is 10.0. The van der Waals surface area contributed by atoms with Crippen LogP contribution in [0.4, 0.5) is 4.39 Å². The Kier molecular flexibility index (Phi) is 3.51. The molecule has 0 bridgehead atoms. The Morgan fingerprint density at radius 3 is 2.80 bits per heavy atom. The Balaban J connectivity index is 1.88. The van der Waals surface area contributed by atoms with E-state index >= 15 is 0 Å². The van der Waals surface area contributed by atoms with Gasteiger partial charge >= 0.3 is 0 Å². The average Bonchev–Trinajstić information content (AvgIpc) is 2.83. The van der Waals surface area contributed by atoms with Gasteiger partial charge < -0.3 is 5.11 Å². The van der Waals surface area contributed by atoms with E-state index in [1.165, 1.54) is 11.3 Å². The lowest BCUT2D eigenvalue weighted by Crippen LogP contribution is -2.05. The largest absolute Gasteiger partial charge is 0.388 e. The maximum absolute atomic E-state index is 14.0. The molecule has 0 saturated heterocycles. The van der Waals surface area contributed by atoms with E-state index in [1.807, 2.05) is 24.3 Å². The van der Waals surface area contributed by atoms with Gasteiger partial charge in [-0.3, -0.25) is 0 Å². The van der Waals surface area contributed by atoms with Crippen molar-refractivity contribution < 1.29 is 9.50 Å². The smallest absolute Gasteiger partial charge is 0.131 e. The summed E-state index contributed by atoms with van der Waals surface area (Å²) in [7, 11) is 0. The SMILES string of the molecule is Cc1cccc(C(O)Cc2nc3ccccc3s2)c1F. The molecule has 3 aromatic rings. The van der Waals surface area contributed by atoms with Crippen molar-refractivity contribution in [2.45, 2.75) is 19.4 Å². The first-order valence-corrected chi connectivity index (χ1v) is 7.24. The van der Waals surface area contributed by atoms with E-state index < -0.39 is 6.10 Å². The highest BCUT2D eigenvalue weighted by Gasteiger charge is 2.16. The van der Waals surface area contributed by atoms with E-state index in [9.17, 15) is 9.50 Å². The second-order valence-corrected chi connectivity index (χ2v) is 5.89. The van der Waals surface area contributed by atoms with E-state index in [2.05, 4.69) is 4.98 Å². The van der Waals surface area contributed by atoms with Crippen LogP contribution in [-0.4, -0.2) is 10.1 Å². The van der Waals surface area contributed by atoms with Crippen molar-refractivity contribution in [1.82, 2.24) is 4.98 Å². The van der Waals surface area contributed by atoms with Gasteiger partial charge in [-0.1, -0.05) is 30.3 Å². The minimum Gasteiger partial charge on any atom is -0.388 e. The van der Waals surface area contributed by atoms with Gasteiger partial charge in [0.25, 0.3) is 0 Å². The number of aryl methyl sites for hydroxylation is 1. The number of aliphatic hydroxyl groups is 1. The van der Waals surface area contributed by atoms with E-state index in [0.717, 1.165) is 15.2 Å². The Morgan fingerprint density at radius 2 is 2.00 bits per heavy atom. The average molecular weight is 287 g/mol. The lowest BCUT2D eigenvalue weighted by Gasteiger charge is -2.11. The fourth-order valence-corrected chi connectivity index (χ4v) is 3.21. The van der Waals surface area contributed by atoms with Gasteiger partial charge in [0.05, 0.1) is 21.3 Å². The van der Waals surface area contributed by atoms with Crippen LogP contribution in [-0.2, 0) is 6.42 Å². The molecule has 2 aromatic carbocycles. The predicted molar refractivity (Wildman–Crippen MR) is 79.4 cm³/mol. The third kappa shape index (κ3) is 2.44. The zero-order chi connectivity index (χ0) is 14.1. The van der Waals surface area contributed by atoms with Crippen LogP contribution in [0.25, 0.3) is 10.2 Å². The molecule has 0 saturated carbocycles. The summed E-state index contributed by atoms with van der Waals surface area (Å²) in [5.41, 5.74) is 1.81. The Labute approximate surface area is 120 Å². The summed E-state index contributed by atoms with van der Waals surface area (Å²) in [5.74, 6) is -0.332. The van der Waals surface area contributed by atoms with Gasteiger partial charge in [-0.2, -0.15) is 0 Å². The number of aromatic nitrogens is 1. The first kappa shape index (κ1) is 13.2. The number of para-hydroxylation sites is 1. The summed E-state index contributed by atoms with van der Waals surface area (Å²) < 4.78 is 15.1. The maximum atomic E-state index is 14.0. The molecule has 1 aromatic heterocycles. The fraction of sp³-hybridized carbons (Fsp3) is 0.188. The Hall–Kier alpha value is -1.78. The summed E-state index contributed by atoms with van der Waals surface area (Å²) in [4.78, 5) is 4.47. The highest BCUT2D eigenvalue weighted by molar-refractivity contribution is 7.18. The Morgan fingerprint density at radius 1 is 1.20 bits per heavy atom. The van der Waals surface area contributed by atoms with E-state index in [-0.39, 0.29) is 5.82 Å². The summed E-state index contributed by atoms with van der Waals surface area (Å²) in [5, 5.41) is 11.1. The number of aliphatic hydroxyl groups excluding tert-OH is 1. The summed E-state index contributed by atoms with van der Waals surface area (Å²) in [6.45, 7) is 1.70. The number of thiazole rings is 1. The number of fused-ring (bicyclic) bond motifs is 1. The summed E-state index contributed by atoms with van der Waals surface area (Å²) in [6, 6.07) is 12.9. The quantitative estimate of drug-likeness (QED) is 0.789. The van der Waals surface area contributed by atoms with Crippen LogP contribution in [0.5, 0.6) is 0 Å². The minimum absolute atomic E-state index is 0.332. The zero-order valence-corrected chi connectivity index (χ0v) is 11.8. The maximum Gasteiger partial charge on any atom is 0.131 e. The van der Waals surface area contributed by atoms with Crippen LogP contribution in [0, 0.1) is 12.7 Å². The molecule has 0 radical (unpaired) electrons. The molecular weight excluding hydrogens is 273 g/mol. The van der Waals surface area contributed by atoms with Crippen LogP contribution in [0.3, 0.4) is 0 Å². The van der Waals surface area contributed by atoms with Crippen LogP contribution >= 0.6 is 11.3 Å². The van der Waals surface area contributed by atoms with Crippen molar-refractivity contribution in [2.24, 2.45) is 0 Å². The van der Waals surface area contributed by atoms with E-state index in [0.29, 0.717) is 17.5 Å². The number of hydrogen-bond donors (Lipinski definition) is 1. The number of hydrogen-bond acceptors (Lipinski definition) is 3. The normalized spacial score (nSPS) is 12.8. The van der Waals surface area contributed by atoms with Crippen LogP contribution in [0.15, 0.2) is 42.5 Å². The molecule has 1 unspecified atom stereocenters. The molecule has 102 valence electrons. The van der Waals surface area contributed by atoms with Crippen molar-refractivity contribution in [1.29, 1.82) is 0 Å². The molecule has 0 spiro atoms. The van der Waals surface area contributed by atoms with E-state index in [4.69, 9.17) is 0 Å². The van der Waals surface area contributed by atoms with Gasteiger partial charge in [0.15, 0.2) is 0 Å². The molecule has 0 aliphatic carbocycles. The second kappa shape index (κ2) is 5.31. The molecule has 2 nitrogen and oxygen atoms in total.